The molecule has 0 fully saturated rings. The fourth-order valence-electron chi connectivity index (χ4n) is 2.32. The number of hydrogen-bond acceptors (Lipinski definition) is 6. The quantitative estimate of drug-likeness (QED) is 0.639. The summed E-state index contributed by atoms with van der Waals surface area (Å²) in [5, 5.41) is 13.7. The van der Waals surface area contributed by atoms with Crippen LogP contribution in [0.1, 0.15) is 18.5 Å². The molecule has 0 bridgehead atoms. The fraction of sp³-hybridized carbons (Fsp3) is 0.222. The molecule has 0 radical (unpaired) electrons. The first kappa shape index (κ1) is 19.7. The van der Waals surface area contributed by atoms with Crippen molar-refractivity contribution in [2.75, 3.05) is 5.32 Å². The topological polar surface area (TPSA) is 123 Å². The first-order valence-corrected chi connectivity index (χ1v) is 8.23. The zero-order valence-electron chi connectivity index (χ0n) is 14.8. The third kappa shape index (κ3) is 6.65. The zero-order chi connectivity index (χ0) is 19.5. The minimum Gasteiger partial charge on any atom is -0.483 e. The van der Waals surface area contributed by atoms with E-state index in [0.717, 1.165) is 17.0 Å². The van der Waals surface area contributed by atoms with Crippen molar-refractivity contribution >= 4 is 18.3 Å². The van der Waals surface area contributed by atoms with Crippen molar-refractivity contribution < 1.29 is 14.7 Å². The molecule has 0 spiro atoms. The first-order chi connectivity index (χ1) is 13.1. The summed E-state index contributed by atoms with van der Waals surface area (Å²) in [6, 6.07) is 11.7. The van der Waals surface area contributed by atoms with Crippen LogP contribution in [-0.4, -0.2) is 42.2 Å². The summed E-state index contributed by atoms with van der Waals surface area (Å²) in [6.45, 7) is 2.28. The molecule has 3 rings (SSSR count). The van der Waals surface area contributed by atoms with Crippen molar-refractivity contribution in [2.24, 2.45) is 0 Å². The van der Waals surface area contributed by atoms with Gasteiger partial charge in [-0.05, 0) is 19.4 Å². The van der Waals surface area contributed by atoms with Crippen molar-refractivity contribution in [3.8, 4) is 11.3 Å². The molecule has 0 unspecified atom stereocenters. The van der Waals surface area contributed by atoms with Crippen molar-refractivity contribution in [3.63, 3.8) is 0 Å². The van der Waals surface area contributed by atoms with Crippen LogP contribution in [0.15, 0.2) is 49.1 Å². The Morgan fingerprint density at radius 3 is 2.67 bits per heavy atom. The number of hydrogen-bond donors (Lipinski definition) is 2. The molecule has 1 amide bonds. The lowest BCUT2D eigenvalue weighted by molar-refractivity contribution is -0.123. The van der Waals surface area contributed by atoms with Crippen LogP contribution >= 0.6 is 0 Å². The van der Waals surface area contributed by atoms with Crippen molar-refractivity contribution in [1.82, 2.24) is 24.7 Å². The number of benzene rings is 1. The van der Waals surface area contributed by atoms with Gasteiger partial charge >= 0.3 is 0 Å². The van der Waals surface area contributed by atoms with E-state index in [2.05, 4.69) is 25.4 Å². The van der Waals surface area contributed by atoms with Crippen LogP contribution in [0.2, 0.25) is 0 Å². The monoisotopic (exact) mass is 368 g/mol. The Morgan fingerprint density at radius 2 is 2.00 bits per heavy atom. The van der Waals surface area contributed by atoms with Crippen LogP contribution in [0.25, 0.3) is 11.3 Å². The molecule has 2 N–H and O–H groups in total. The second-order valence-corrected chi connectivity index (χ2v) is 5.50. The number of carbonyl (C=O) groups is 2. The lowest BCUT2D eigenvalue weighted by Gasteiger charge is -2.07. The number of aromatic nitrogens is 5. The Bertz CT molecular complexity index is 853. The standard InChI is InChI=1S/C17H18N6O.CH2O2/c1-13-10-15(14-6-3-2-4-7-14)21-17(20-13)22-16(24)8-5-9-23-12-18-11-19-23;2-1-3/h2-4,6-7,10-12H,5,8-9H2,1H3,(H,20,21,22,24);1H,(H,2,3). The lowest BCUT2D eigenvalue weighted by atomic mass is 10.1. The van der Waals surface area contributed by atoms with Gasteiger partial charge in [-0.25, -0.2) is 15.0 Å². The Labute approximate surface area is 156 Å². The average Bonchev–Trinajstić information content (AvgIpc) is 3.16. The van der Waals surface area contributed by atoms with Crippen molar-refractivity contribution in [2.45, 2.75) is 26.3 Å². The van der Waals surface area contributed by atoms with Gasteiger partial charge in [-0.1, -0.05) is 30.3 Å². The molecule has 2 heterocycles. The van der Waals surface area contributed by atoms with E-state index in [1.54, 1.807) is 11.0 Å². The molecule has 140 valence electrons. The number of carbonyl (C=O) groups excluding carboxylic acids is 1. The van der Waals surface area contributed by atoms with E-state index in [1.165, 1.54) is 6.33 Å². The highest BCUT2D eigenvalue weighted by Gasteiger charge is 2.08. The average molecular weight is 368 g/mol. The fourth-order valence-corrected chi connectivity index (χ4v) is 2.32. The van der Waals surface area contributed by atoms with E-state index in [-0.39, 0.29) is 12.4 Å². The zero-order valence-corrected chi connectivity index (χ0v) is 14.8. The molecule has 0 aliphatic carbocycles. The predicted molar refractivity (Wildman–Crippen MR) is 98.8 cm³/mol. The van der Waals surface area contributed by atoms with Crippen LogP contribution in [0.4, 0.5) is 5.95 Å². The summed E-state index contributed by atoms with van der Waals surface area (Å²) in [5.41, 5.74) is 2.59. The molecular formula is C18H20N6O3. The summed E-state index contributed by atoms with van der Waals surface area (Å²) in [5.74, 6) is 0.222. The molecule has 1 aromatic carbocycles. The molecule has 9 heteroatoms. The Morgan fingerprint density at radius 1 is 1.26 bits per heavy atom. The minimum atomic E-state index is -0.250. The largest absolute Gasteiger partial charge is 0.483 e. The van der Waals surface area contributed by atoms with E-state index in [1.807, 2.05) is 43.3 Å². The summed E-state index contributed by atoms with van der Waals surface area (Å²) >= 11 is 0. The number of aryl methyl sites for hydroxylation is 2. The maximum Gasteiger partial charge on any atom is 0.290 e. The number of nitrogens with one attached hydrogen (secondary N) is 1. The van der Waals surface area contributed by atoms with Gasteiger partial charge in [0.2, 0.25) is 11.9 Å². The molecule has 0 aliphatic heterocycles. The number of carboxylic acid groups (broad SMARTS) is 1. The van der Waals surface area contributed by atoms with Gasteiger partial charge in [-0.15, -0.1) is 0 Å². The SMILES string of the molecule is Cc1cc(-c2ccccc2)nc(NC(=O)CCCn2cncn2)n1.O=CO. The van der Waals surface area contributed by atoms with Gasteiger partial charge in [-0.2, -0.15) is 5.10 Å². The first-order valence-electron chi connectivity index (χ1n) is 8.23. The smallest absolute Gasteiger partial charge is 0.290 e. The van der Waals surface area contributed by atoms with Gasteiger partial charge < -0.3 is 5.11 Å². The summed E-state index contributed by atoms with van der Waals surface area (Å²) < 4.78 is 1.70. The van der Waals surface area contributed by atoms with Crippen molar-refractivity contribution in [3.05, 3.63) is 54.7 Å². The van der Waals surface area contributed by atoms with Crippen LogP contribution < -0.4 is 5.32 Å². The maximum atomic E-state index is 12.1. The van der Waals surface area contributed by atoms with E-state index >= 15 is 0 Å². The molecular weight excluding hydrogens is 348 g/mol. The van der Waals surface area contributed by atoms with Gasteiger partial charge in [-0.3, -0.25) is 19.6 Å². The lowest BCUT2D eigenvalue weighted by Crippen LogP contribution is -2.15. The Kier molecular flexibility index (Phi) is 7.58. The predicted octanol–water partition coefficient (Wildman–Crippen LogP) is 2.16. The highest BCUT2D eigenvalue weighted by Crippen LogP contribution is 2.18. The third-order valence-electron chi connectivity index (χ3n) is 3.43. The molecule has 0 saturated carbocycles. The van der Waals surface area contributed by atoms with E-state index in [4.69, 9.17) is 9.90 Å². The minimum absolute atomic E-state index is 0.111. The van der Waals surface area contributed by atoms with Gasteiger partial charge in [0.1, 0.15) is 12.7 Å². The van der Waals surface area contributed by atoms with Crippen LogP contribution in [-0.2, 0) is 16.1 Å². The molecule has 3 aromatic rings. The van der Waals surface area contributed by atoms with E-state index < -0.39 is 0 Å². The summed E-state index contributed by atoms with van der Waals surface area (Å²) in [7, 11) is 0. The van der Waals surface area contributed by atoms with Gasteiger partial charge in [0, 0.05) is 24.2 Å². The molecule has 27 heavy (non-hydrogen) atoms. The second kappa shape index (κ2) is 10.4. The number of amides is 1. The molecule has 0 aliphatic rings. The summed E-state index contributed by atoms with van der Waals surface area (Å²) in [4.78, 5) is 33.0. The molecule has 2 aromatic heterocycles. The highest BCUT2D eigenvalue weighted by atomic mass is 16.3. The van der Waals surface area contributed by atoms with Crippen LogP contribution in [0, 0.1) is 6.92 Å². The number of anilines is 1. The molecule has 0 saturated heterocycles. The Hall–Kier alpha value is -3.62. The van der Waals surface area contributed by atoms with Gasteiger partial charge in [0.05, 0.1) is 5.69 Å². The van der Waals surface area contributed by atoms with Gasteiger partial charge in [0.15, 0.2) is 0 Å². The van der Waals surface area contributed by atoms with Gasteiger partial charge in [0.25, 0.3) is 6.47 Å². The number of nitrogens with zero attached hydrogens (tertiary/aromatic N) is 5. The second-order valence-electron chi connectivity index (χ2n) is 5.50. The van der Waals surface area contributed by atoms with Crippen LogP contribution in [0.5, 0.6) is 0 Å². The van der Waals surface area contributed by atoms with Crippen LogP contribution in [0.3, 0.4) is 0 Å². The third-order valence-corrected chi connectivity index (χ3v) is 3.43. The molecule has 9 nitrogen and oxygen atoms in total. The summed E-state index contributed by atoms with van der Waals surface area (Å²) in [6.07, 6.45) is 4.16. The normalized spacial score (nSPS) is 9.81. The van der Waals surface area contributed by atoms with Crippen molar-refractivity contribution in [1.29, 1.82) is 0 Å². The van der Waals surface area contributed by atoms with E-state index in [9.17, 15) is 4.79 Å². The maximum absolute atomic E-state index is 12.1. The van der Waals surface area contributed by atoms with E-state index in [0.29, 0.717) is 25.3 Å². The molecule has 0 atom stereocenters. The highest BCUT2D eigenvalue weighted by molar-refractivity contribution is 5.89. The Balaban J connectivity index is 0.000000817. The number of rotatable bonds is 6.